The van der Waals surface area contributed by atoms with E-state index < -0.39 is 6.04 Å². The van der Waals surface area contributed by atoms with Crippen molar-refractivity contribution in [2.75, 3.05) is 13.1 Å². The lowest BCUT2D eigenvalue weighted by atomic mass is 10.1. The predicted molar refractivity (Wildman–Crippen MR) is 74.3 cm³/mol. The summed E-state index contributed by atoms with van der Waals surface area (Å²) in [5.74, 6) is -0.0227. The largest absolute Gasteiger partial charge is 0.451 e. The molecule has 3 rings (SSSR count). The van der Waals surface area contributed by atoms with E-state index in [9.17, 15) is 9.59 Å². The van der Waals surface area contributed by atoms with Gasteiger partial charge in [0.2, 0.25) is 5.91 Å². The molecular weight excluding hydrogens is 256 g/mol. The molecule has 2 heterocycles. The highest BCUT2D eigenvalue weighted by Gasteiger charge is 2.33. The summed E-state index contributed by atoms with van der Waals surface area (Å²) in [6.07, 6.45) is 0.595. The Morgan fingerprint density at radius 2 is 2.25 bits per heavy atom. The van der Waals surface area contributed by atoms with Crippen LogP contribution in [-0.2, 0) is 4.79 Å². The second-order valence-electron chi connectivity index (χ2n) is 4.86. The van der Waals surface area contributed by atoms with Crippen LogP contribution < -0.4 is 5.32 Å². The van der Waals surface area contributed by atoms with Gasteiger partial charge in [-0.05, 0) is 18.6 Å². The molecule has 1 aliphatic rings. The lowest BCUT2D eigenvalue weighted by molar-refractivity contribution is -0.127. The number of carbonyl (C=O) groups is 2. The van der Waals surface area contributed by atoms with Crippen LogP contribution in [-0.4, -0.2) is 35.8 Å². The molecule has 0 spiro atoms. The van der Waals surface area contributed by atoms with E-state index in [1.165, 1.54) is 0 Å². The molecule has 5 nitrogen and oxygen atoms in total. The molecule has 0 aliphatic carbocycles. The molecule has 2 amide bonds. The molecule has 1 aromatic carbocycles. The van der Waals surface area contributed by atoms with Gasteiger partial charge in [-0.1, -0.05) is 25.1 Å². The molecule has 5 heteroatoms. The fourth-order valence-corrected chi connectivity index (χ4v) is 2.59. The standard InChI is InChI=1S/C15H16N2O3/c1-2-11-14(18)16-7-8-17(11)15(19)13-9-10-5-3-4-6-12(10)20-13/h3-6,9,11H,2,7-8H2,1H3,(H,16,18). The number of rotatable bonds is 2. The Hall–Kier alpha value is -2.30. The number of furan rings is 1. The summed E-state index contributed by atoms with van der Waals surface area (Å²) in [5.41, 5.74) is 0.686. The van der Waals surface area contributed by atoms with Crippen LogP contribution in [0.15, 0.2) is 34.7 Å². The quantitative estimate of drug-likeness (QED) is 0.906. The fourth-order valence-electron chi connectivity index (χ4n) is 2.59. The summed E-state index contributed by atoms with van der Waals surface area (Å²) >= 11 is 0. The zero-order valence-corrected chi connectivity index (χ0v) is 11.3. The van der Waals surface area contributed by atoms with Gasteiger partial charge in [-0.25, -0.2) is 0 Å². The molecule has 104 valence electrons. The summed E-state index contributed by atoms with van der Waals surface area (Å²) < 4.78 is 5.59. The summed E-state index contributed by atoms with van der Waals surface area (Å²) in [4.78, 5) is 25.9. The lowest BCUT2D eigenvalue weighted by Gasteiger charge is -2.33. The summed E-state index contributed by atoms with van der Waals surface area (Å²) in [5, 5.41) is 3.68. The van der Waals surface area contributed by atoms with E-state index in [-0.39, 0.29) is 11.8 Å². The number of nitrogens with one attached hydrogen (secondary N) is 1. The molecule has 1 saturated heterocycles. The molecule has 1 unspecified atom stereocenters. The molecule has 2 aromatic rings. The number of carbonyl (C=O) groups excluding carboxylic acids is 2. The van der Waals surface area contributed by atoms with Gasteiger partial charge in [0.15, 0.2) is 5.76 Å². The fraction of sp³-hybridized carbons (Fsp3) is 0.333. The number of benzene rings is 1. The maximum Gasteiger partial charge on any atom is 0.290 e. The first kappa shape index (κ1) is 12.7. The van der Waals surface area contributed by atoms with Crippen LogP contribution >= 0.6 is 0 Å². The van der Waals surface area contributed by atoms with Gasteiger partial charge in [-0.15, -0.1) is 0 Å². The van der Waals surface area contributed by atoms with E-state index in [1.807, 2.05) is 31.2 Å². The number of amides is 2. The SMILES string of the molecule is CCC1C(=O)NCCN1C(=O)c1cc2ccccc2o1. The van der Waals surface area contributed by atoms with Gasteiger partial charge in [-0.2, -0.15) is 0 Å². The molecule has 0 saturated carbocycles. The third-order valence-electron chi connectivity index (χ3n) is 3.61. The smallest absolute Gasteiger partial charge is 0.290 e. The highest BCUT2D eigenvalue weighted by Crippen LogP contribution is 2.21. The van der Waals surface area contributed by atoms with Crippen LogP contribution in [0.25, 0.3) is 11.0 Å². The first-order chi connectivity index (χ1) is 9.70. The Kier molecular flexibility index (Phi) is 3.18. The zero-order valence-electron chi connectivity index (χ0n) is 11.3. The van der Waals surface area contributed by atoms with Crippen LogP contribution in [0.1, 0.15) is 23.9 Å². The molecule has 1 fully saturated rings. The molecule has 0 radical (unpaired) electrons. The molecular formula is C15H16N2O3. The van der Waals surface area contributed by atoms with Gasteiger partial charge in [0.1, 0.15) is 11.6 Å². The Labute approximate surface area is 116 Å². The predicted octanol–water partition coefficient (Wildman–Crippen LogP) is 1.78. The lowest BCUT2D eigenvalue weighted by Crippen LogP contribution is -2.56. The van der Waals surface area contributed by atoms with Gasteiger partial charge in [0.25, 0.3) is 5.91 Å². The summed E-state index contributed by atoms with van der Waals surface area (Å²) in [6.45, 7) is 2.90. The van der Waals surface area contributed by atoms with Crippen molar-refractivity contribution < 1.29 is 14.0 Å². The Morgan fingerprint density at radius 3 is 3.00 bits per heavy atom. The maximum absolute atomic E-state index is 12.5. The van der Waals surface area contributed by atoms with Gasteiger partial charge >= 0.3 is 0 Å². The molecule has 20 heavy (non-hydrogen) atoms. The highest BCUT2D eigenvalue weighted by molar-refractivity contribution is 5.99. The van der Waals surface area contributed by atoms with Crippen LogP contribution in [0.2, 0.25) is 0 Å². The average Bonchev–Trinajstić information content (AvgIpc) is 2.90. The van der Waals surface area contributed by atoms with Crippen LogP contribution in [0.4, 0.5) is 0 Å². The van der Waals surface area contributed by atoms with E-state index in [2.05, 4.69) is 5.32 Å². The van der Waals surface area contributed by atoms with Crippen molar-refractivity contribution in [2.45, 2.75) is 19.4 Å². The number of piperazine rings is 1. The van der Waals surface area contributed by atoms with E-state index in [4.69, 9.17) is 4.42 Å². The monoisotopic (exact) mass is 272 g/mol. The van der Waals surface area contributed by atoms with Gasteiger partial charge in [-0.3, -0.25) is 9.59 Å². The van der Waals surface area contributed by atoms with E-state index in [0.717, 1.165) is 5.39 Å². The Bertz CT molecular complexity index is 629. The third-order valence-corrected chi connectivity index (χ3v) is 3.61. The van der Waals surface area contributed by atoms with Crippen molar-refractivity contribution in [2.24, 2.45) is 0 Å². The maximum atomic E-state index is 12.5. The minimum atomic E-state index is -0.413. The number of para-hydroxylation sites is 1. The van der Waals surface area contributed by atoms with Crippen LogP contribution in [0, 0.1) is 0 Å². The number of hydrogen-bond donors (Lipinski definition) is 1. The topological polar surface area (TPSA) is 62.6 Å². The summed E-state index contributed by atoms with van der Waals surface area (Å²) in [7, 11) is 0. The van der Waals surface area contributed by atoms with Crippen molar-refractivity contribution in [3.05, 3.63) is 36.1 Å². The van der Waals surface area contributed by atoms with E-state index >= 15 is 0 Å². The van der Waals surface area contributed by atoms with Gasteiger partial charge < -0.3 is 14.6 Å². The molecule has 1 aliphatic heterocycles. The molecule has 1 aromatic heterocycles. The van der Waals surface area contributed by atoms with Crippen molar-refractivity contribution in [3.8, 4) is 0 Å². The minimum Gasteiger partial charge on any atom is -0.451 e. The Balaban J connectivity index is 1.92. The van der Waals surface area contributed by atoms with Crippen molar-refractivity contribution in [1.82, 2.24) is 10.2 Å². The van der Waals surface area contributed by atoms with Crippen molar-refractivity contribution in [1.29, 1.82) is 0 Å². The first-order valence-corrected chi connectivity index (χ1v) is 6.78. The van der Waals surface area contributed by atoms with Crippen LogP contribution in [0.3, 0.4) is 0 Å². The van der Waals surface area contributed by atoms with Gasteiger partial charge in [0.05, 0.1) is 0 Å². The molecule has 1 N–H and O–H groups in total. The molecule has 0 bridgehead atoms. The Morgan fingerprint density at radius 1 is 1.45 bits per heavy atom. The minimum absolute atomic E-state index is 0.0942. The third kappa shape index (κ3) is 2.05. The van der Waals surface area contributed by atoms with E-state index in [0.29, 0.717) is 30.9 Å². The molecule has 1 atom stereocenters. The van der Waals surface area contributed by atoms with Crippen molar-refractivity contribution in [3.63, 3.8) is 0 Å². The second-order valence-corrected chi connectivity index (χ2v) is 4.86. The highest BCUT2D eigenvalue weighted by atomic mass is 16.3. The zero-order chi connectivity index (χ0) is 14.1. The van der Waals surface area contributed by atoms with Crippen molar-refractivity contribution >= 4 is 22.8 Å². The number of nitrogens with zero attached hydrogens (tertiary/aromatic N) is 1. The number of fused-ring (bicyclic) bond motifs is 1. The summed E-state index contributed by atoms with van der Waals surface area (Å²) in [6, 6.07) is 8.81. The normalized spacial score (nSPS) is 19.1. The van der Waals surface area contributed by atoms with Crippen LogP contribution in [0.5, 0.6) is 0 Å². The average molecular weight is 272 g/mol. The van der Waals surface area contributed by atoms with E-state index in [1.54, 1.807) is 11.0 Å². The first-order valence-electron chi connectivity index (χ1n) is 6.78. The second kappa shape index (κ2) is 5.00. The number of hydrogen-bond acceptors (Lipinski definition) is 3. The van der Waals surface area contributed by atoms with Gasteiger partial charge in [0, 0.05) is 18.5 Å².